The first kappa shape index (κ1) is 14.4. The molecule has 90 valence electrons. The van der Waals surface area contributed by atoms with E-state index in [1.54, 1.807) is 19.0 Å². The minimum Gasteiger partial charge on any atom is -0.377 e. The number of carbonyl (C=O) groups is 1. The summed E-state index contributed by atoms with van der Waals surface area (Å²) < 4.78 is 5.39. The van der Waals surface area contributed by atoms with Crippen LogP contribution in [0.25, 0.3) is 0 Å². The van der Waals surface area contributed by atoms with Crippen molar-refractivity contribution in [1.29, 1.82) is 0 Å². The smallest absolute Gasteiger partial charge is 0.223 e. The maximum atomic E-state index is 11.3. The van der Waals surface area contributed by atoms with Gasteiger partial charge in [0.1, 0.15) is 0 Å². The number of hydrogen-bond acceptors (Lipinski definition) is 3. The maximum Gasteiger partial charge on any atom is 0.223 e. The fourth-order valence-electron chi connectivity index (χ4n) is 1.12. The summed E-state index contributed by atoms with van der Waals surface area (Å²) >= 11 is 0. The SMILES string of the molecule is CC(CC(=O)N(C)C)NCCOC(C)C. The first-order chi connectivity index (χ1) is 6.93. The molecule has 0 aliphatic heterocycles. The summed E-state index contributed by atoms with van der Waals surface area (Å²) in [7, 11) is 3.55. The molecule has 0 aliphatic carbocycles. The second-order valence-electron chi connectivity index (χ2n) is 4.27. The Balaban J connectivity index is 3.49. The Kier molecular flexibility index (Phi) is 7.34. The molecule has 0 fully saturated rings. The van der Waals surface area contributed by atoms with Crippen molar-refractivity contribution in [3.8, 4) is 0 Å². The first-order valence-electron chi connectivity index (χ1n) is 5.48. The molecule has 1 unspecified atom stereocenters. The lowest BCUT2D eigenvalue weighted by Gasteiger charge is -2.17. The van der Waals surface area contributed by atoms with Crippen molar-refractivity contribution in [2.75, 3.05) is 27.2 Å². The van der Waals surface area contributed by atoms with Crippen LogP contribution in [-0.2, 0) is 9.53 Å². The number of carbonyl (C=O) groups excluding carboxylic acids is 1. The van der Waals surface area contributed by atoms with Crippen molar-refractivity contribution in [1.82, 2.24) is 10.2 Å². The lowest BCUT2D eigenvalue weighted by Crippen LogP contribution is -2.35. The molecule has 0 rings (SSSR count). The maximum absolute atomic E-state index is 11.3. The molecule has 1 N–H and O–H groups in total. The number of amides is 1. The average molecular weight is 216 g/mol. The van der Waals surface area contributed by atoms with E-state index in [2.05, 4.69) is 5.32 Å². The van der Waals surface area contributed by atoms with Gasteiger partial charge in [0.2, 0.25) is 5.91 Å². The summed E-state index contributed by atoms with van der Waals surface area (Å²) in [6, 6.07) is 0.204. The van der Waals surface area contributed by atoms with Gasteiger partial charge in [-0.3, -0.25) is 4.79 Å². The van der Waals surface area contributed by atoms with Crippen LogP contribution in [-0.4, -0.2) is 50.2 Å². The number of nitrogens with one attached hydrogen (secondary N) is 1. The highest BCUT2D eigenvalue weighted by Gasteiger charge is 2.09. The quantitative estimate of drug-likeness (QED) is 0.642. The van der Waals surface area contributed by atoms with Gasteiger partial charge in [0, 0.05) is 33.1 Å². The Morgan fingerprint density at radius 1 is 1.33 bits per heavy atom. The molecule has 15 heavy (non-hydrogen) atoms. The number of nitrogens with zero attached hydrogens (tertiary/aromatic N) is 1. The molecular weight excluding hydrogens is 192 g/mol. The topological polar surface area (TPSA) is 41.6 Å². The van der Waals surface area contributed by atoms with Gasteiger partial charge in [0.05, 0.1) is 12.7 Å². The van der Waals surface area contributed by atoms with Gasteiger partial charge >= 0.3 is 0 Å². The van der Waals surface area contributed by atoms with Crippen molar-refractivity contribution < 1.29 is 9.53 Å². The van der Waals surface area contributed by atoms with Crippen LogP contribution in [0.3, 0.4) is 0 Å². The van der Waals surface area contributed by atoms with Gasteiger partial charge in [-0.1, -0.05) is 0 Å². The Hall–Kier alpha value is -0.610. The Morgan fingerprint density at radius 2 is 1.93 bits per heavy atom. The summed E-state index contributed by atoms with van der Waals surface area (Å²) in [6.07, 6.45) is 0.805. The zero-order valence-corrected chi connectivity index (χ0v) is 10.5. The Labute approximate surface area is 93.0 Å². The van der Waals surface area contributed by atoms with Gasteiger partial charge in [-0.25, -0.2) is 0 Å². The van der Waals surface area contributed by atoms with E-state index in [4.69, 9.17) is 4.74 Å². The van der Waals surface area contributed by atoms with Crippen LogP contribution in [0.2, 0.25) is 0 Å². The summed E-state index contributed by atoms with van der Waals surface area (Å²) in [5.41, 5.74) is 0. The molecule has 4 heteroatoms. The molecule has 1 atom stereocenters. The van der Waals surface area contributed by atoms with Crippen molar-refractivity contribution in [3.05, 3.63) is 0 Å². The molecule has 0 aromatic carbocycles. The van der Waals surface area contributed by atoms with Crippen molar-refractivity contribution in [3.63, 3.8) is 0 Å². The van der Waals surface area contributed by atoms with Crippen molar-refractivity contribution in [2.45, 2.75) is 39.3 Å². The van der Waals surface area contributed by atoms with E-state index in [0.29, 0.717) is 13.0 Å². The third-order valence-corrected chi connectivity index (χ3v) is 2.03. The minimum absolute atomic E-state index is 0.153. The van der Waals surface area contributed by atoms with Crippen LogP contribution in [0, 0.1) is 0 Å². The largest absolute Gasteiger partial charge is 0.377 e. The standard InChI is InChI=1S/C11H24N2O2/c1-9(2)15-7-6-12-10(3)8-11(14)13(4)5/h9-10,12H,6-8H2,1-5H3. The molecule has 0 saturated carbocycles. The van der Waals surface area contributed by atoms with E-state index < -0.39 is 0 Å². The van der Waals surface area contributed by atoms with E-state index in [0.717, 1.165) is 6.54 Å². The number of ether oxygens (including phenoxy) is 1. The zero-order valence-electron chi connectivity index (χ0n) is 10.5. The fraction of sp³-hybridized carbons (Fsp3) is 0.909. The van der Waals surface area contributed by atoms with Crippen LogP contribution in [0.4, 0.5) is 0 Å². The minimum atomic E-state index is 0.153. The van der Waals surface area contributed by atoms with Crippen molar-refractivity contribution in [2.24, 2.45) is 0 Å². The van der Waals surface area contributed by atoms with Crippen LogP contribution >= 0.6 is 0 Å². The molecule has 1 amide bonds. The molecule has 4 nitrogen and oxygen atoms in total. The van der Waals surface area contributed by atoms with Crippen LogP contribution < -0.4 is 5.32 Å². The highest BCUT2D eigenvalue weighted by Crippen LogP contribution is 1.94. The monoisotopic (exact) mass is 216 g/mol. The molecule has 0 saturated heterocycles. The van der Waals surface area contributed by atoms with Crippen LogP contribution in [0.15, 0.2) is 0 Å². The van der Waals surface area contributed by atoms with Gasteiger partial charge in [0.25, 0.3) is 0 Å². The molecule has 0 spiro atoms. The van der Waals surface area contributed by atoms with Crippen LogP contribution in [0.5, 0.6) is 0 Å². The Bertz CT molecular complexity index is 181. The van der Waals surface area contributed by atoms with E-state index in [1.807, 2.05) is 20.8 Å². The molecule has 0 heterocycles. The third kappa shape index (κ3) is 8.39. The number of hydrogen-bond donors (Lipinski definition) is 1. The predicted octanol–water partition coefficient (Wildman–Crippen LogP) is 0.868. The highest BCUT2D eigenvalue weighted by atomic mass is 16.5. The third-order valence-electron chi connectivity index (χ3n) is 2.03. The normalized spacial score (nSPS) is 12.9. The van der Waals surface area contributed by atoms with Gasteiger partial charge in [-0.15, -0.1) is 0 Å². The first-order valence-corrected chi connectivity index (χ1v) is 5.48. The van der Waals surface area contributed by atoms with E-state index in [-0.39, 0.29) is 18.1 Å². The predicted molar refractivity (Wildman–Crippen MR) is 61.9 cm³/mol. The van der Waals surface area contributed by atoms with Gasteiger partial charge in [-0.05, 0) is 20.8 Å². The lowest BCUT2D eigenvalue weighted by molar-refractivity contribution is -0.129. The average Bonchev–Trinajstić information content (AvgIpc) is 2.12. The summed E-state index contributed by atoms with van der Waals surface area (Å²) in [6.45, 7) is 7.52. The van der Waals surface area contributed by atoms with Gasteiger partial charge < -0.3 is 15.0 Å². The van der Waals surface area contributed by atoms with Gasteiger partial charge in [0.15, 0.2) is 0 Å². The van der Waals surface area contributed by atoms with Crippen molar-refractivity contribution >= 4 is 5.91 Å². The highest BCUT2D eigenvalue weighted by molar-refractivity contribution is 5.76. The lowest BCUT2D eigenvalue weighted by atomic mass is 10.2. The molecular formula is C11H24N2O2. The van der Waals surface area contributed by atoms with Gasteiger partial charge in [-0.2, -0.15) is 0 Å². The summed E-state index contributed by atoms with van der Waals surface area (Å²) in [5.74, 6) is 0.153. The Morgan fingerprint density at radius 3 is 2.40 bits per heavy atom. The van der Waals surface area contributed by atoms with E-state index in [9.17, 15) is 4.79 Å². The second kappa shape index (κ2) is 7.65. The second-order valence-corrected chi connectivity index (χ2v) is 4.27. The summed E-state index contributed by atoms with van der Waals surface area (Å²) in [4.78, 5) is 13.0. The van der Waals surface area contributed by atoms with E-state index >= 15 is 0 Å². The summed E-state index contributed by atoms with van der Waals surface area (Å²) in [5, 5.41) is 3.25. The van der Waals surface area contributed by atoms with Crippen LogP contribution in [0.1, 0.15) is 27.2 Å². The molecule has 0 aliphatic rings. The molecule has 0 aromatic rings. The molecule has 0 radical (unpaired) electrons. The van der Waals surface area contributed by atoms with E-state index in [1.165, 1.54) is 0 Å². The fourth-order valence-corrected chi connectivity index (χ4v) is 1.12. The molecule has 0 bridgehead atoms. The zero-order chi connectivity index (χ0) is 11.8. The molecule has 0 aromatic heterocycles. The number of rotatable bonds is 7.